The monoisotopic (exact) mass is 556 g/mol. The van der Waals surface area contributed by atoms with Crippen molar-refractivity contribution in [1.82, 2.24) is 9.88 Å². The van der Waals surface area contributed by atoms with Gasteiger partial charge >= 0.3 is 5.97 Å². The first-order valence-corrected chi connectivity index (χ1v) is 14.2. The van der Waals surface area contributed by atoms with Crippen LogP contribution in [0.2, 0.25) is 0 Å². The topological polar surface area (TPSA) is 106 Å². The first-order valence-electron chi connectivity index (χ1n) is 14.2. The van der Waals surface area contributed by atoms with Crippen LogP contribution in [0.5, 0.6) is 5.75 Å². The molecule has 3 heterocycles. The molecular weight excluding hydrogens is 520 g/mol. The molecule has 1 aromatic carbocycles. The van der Waals surface area contributed by atoms with Crippen LogP contribution < -0.4 is 4.74 Å². The molecule has 1 atom stereocenters. The summed E-state index contributed by atoms with van der Waals surface area (Å²) < 4.78 is 12.4. The average Bonchev–Trinajstić information content (AvgIpc) is 2.89. The van der Waals surface area contributed by atoms with Gasteiger partial charge in [0.2, 0.25) is 0 Å². The number of ether oxygens (including phenoxy) is 2. The fraction of sp³-hybridized carbons (Fsp3) is 0.455. The summed E-state index contributed by atoms with van der Waals surface area (Å²) in [7, 11) is 3.38. The molecule has 0 unspecified atom stereocenters. The van der Waals surface area contributed by atoms with Crippen molar-refractivity contribution < 1.29 is 29.0 Å². The lowest BCUT2D eigenvalue weighted by Gasteiger charge is -2.50. The Kier molecular flexibility index (Phi) is 6.17. The molecule has 214 valence electrons. The van der Waals surface area contributed by atoms with Gasteiger partial charge in [-0.3, -0.25) is 9.59 Å². The molecule has 0 bridgehead atoms. The SMILES string of the molecule is COc1ccc(-c2ccc(C)c(C(=O)O)n2)c(C)c1[C@@H]1C2=C(CC3(CCC3)CC2=O)OC2=C1C(=O)N(C)C(C)(C)C2. The Bertz CT molecular complexity index is 1590. The van der Waals surface area contributed by atoms with Crippen LogP contribution in [0.15, 0.2) is 46.9 Å². The van der Waals surface area contributed by atoms with Crippen molar-refractivity contribution in [1.29, 1.82) is 0 Å². The van der Waals surface area contributed by atoms with E-state index in [0.717, 1.165) is 30.4 Å². The number of hydrogen-bond acceptors (Lipinski definition) is 6. The number of nitrogens with zero attached hydrogens (tertiary/aromatic N) is 2. The molecule has 1 saturated carbocycles. The van der Waals surface area contributed by atoms with Gasteiger partial charge in [0.25, 0.3) is 5.91 Å². The Labute approximate surface area is 240 Å². The van der Waals surface area contributed by atoms with Crippen LogP contribution >= 0.6 is 0 Å². The van der Waals surface area contributed by atoms with Crippen molar-refractivity contribution in [3.63, 3.8) is 0 Å². The first-order chi connectivity index (χ1) is 19.4. The van der Waals surface area contributed by atoms with Crippen LogP contribution in [0.1, 0.15) is 85.5 Å². The Balaban J connectivity index is 1.60. The zero-order valence-corrected chi connectivity index (χ0v) is 24.5. The number of hydrogen-bond donors (Lipinski definition) is 1. The molecule has 2 aromatic rings. The summed E-state index contributed by atoms with van der Waals surface area (Å²) in [5, 5.41) is 9.71. The van der Waals surface area contributed by atoms with Gasteiger partial charge in [0.05, 0.1) is 24.3 Å². The molecule has 2 aliphatic carbocycles. The number of likely N-dealkylation sites (N-methyl/N-ethyl adjacent to an activating group) is 1. The molecule has 41 heavy (non-hydrogen) atoms. The maximum atomic E-state index is 14.1. The number of Topliss-reactive ketones (excluding diaryl/α,β-unsaturated/α-hetero) is 1. The van der Waals surface area contributed by atoms with Gasteiger partial charge in [0.1, 0.15) is 17.3 Å². The molecule has 6 rings (SSSR count). The predicted octanol–water partition coefficient (Wildman–Crippen LogP) is 5.87. The Morgan fingerprint density at radius 2 is 1.76 bits per heavy atom. The van der Waals surface area contributed by atoms with Crippen LogP contribution in [-0.4, -0.2) is 52.3 Å². The zero-order chi connectivity index (χ0) is 29.4. The third kappa shape index (κ3) is 4.10. The van der Waals surface area contributed by atoms with Gasteiger partial charge in [-0.1, -0.05) is 12.5 Å². The van der Waals surface area contributed by atoms with Gasteiger partial charge in [0, 0.05) is 48.5 Å². The minimum Gasteiger partial charge on any atom is -0.496 e. The number of carbonyl (C=O) groups excluding carboxylic acids is 2. The number of carboxylic acids is 1. The molecule has 1 spiro atoms. The van der Waals surface area contributed by atoms with Crippen LogP contribution in [0.4, 0.5) is 0 Å². The largest absolute Gasteiger partial charge is 0.496 e. The summed E-state index contributed by atoms with van der Waals surface area (Å²) in [5.41, 5.74) is 3.78. The average molecular weight is 557 g/mol. The van der Waals surface area contributed by atoms with Crippen LogP contribution in [0, 0.1) is 19.3 Å². The summed E-state index contributed by atoms with van der Waals surface area (Å²) in [5.74, 6) is -0.0375. The Morgan fingerprint density at radius 3 is 2.39 bits per heavy atom. The Morgan fingerprint density at radius 1 is 1.05 bits per heavy atom. The third-order valence-corrected chi connectivity index (χ3v) is 9.81. The second kappa shape index (κ2) is 9.29. The number of amides is 1. The normalized spacial score (nSPS) is 22.7. The fourth-order valence-corrected chi connectivity index (χ4v) is 7.09. The van der Waals surface area contributed by atoms with Crippen molar-refractivity contribution in [2.24, 2.45) is 5.41 Å². The lowest BCUT2D eigenvalue weighted by atomic mass is 9.58. The number of aromatic carboxylic acids is 1. The molecule has 1 fully saturated rings. The van der Waals surface area contributed by atoms with E-state index in [1.165, 1.54) is 0 Å². The van der Waals surface area contributed by atoms with E-state index in [2.05, 4.69) is 4.98 Å². The lowest BCUT2D eigenvalue weighted by Crippen LogP contribution is -2.52. The van der Waals surface area contributed by atoms with Gasteiger partial charge in [0.15, 0.2) is 11.5 Å². The molecule has 8 nitrogen and oxygen atoms in total. The van der Waals surface area contributed by atoms with Crippen molar-refractivity contribution in [2.45, 2.75) is 77.7 Å². The molecule has 1 amide bonds. The minimum atomic E-state index is -1.10. The molecule has 1 N–H and O–H groups in total. The van der Waals surface area contributed by atoms with E-state index in [1.54, 1.807) is 38.1 Å². The van der Waals surface area contributed by atoms with E-state index >= 15 is 0 Å². The van der Waals surface area contributed by atoms with Crippen LogP contribution in [-0.2, 0) is 14.3 Å². The summed E-state index contributed by atoms with van der Waals surface area (Å²) in [6, 6.07) is 7.22. The zero-order valence-electron chi connectivity index (χ0n) is 24.5. The summed E-state index contributed by atoms with van der Waals surface area (Å²) >= 11 is 0. The fourth-order valence-electron chi connectivity index (χ4n) is 7.09. The number of aryl methyl sites for hydroxylation is 1. The second-order valence-corrected chi connectivity index (χ2v) is 12.7. The predicted molar refractivity (Wildman–Crippen MR) is 153 cm³/mol. The Hall–Kier alpha value is -3.94. The maximum Gasteiger partial charge on any atom is 0.354 e. The molecular formula is C33H36N2O6. The molecule has 8 heteroatoms. The van der Waals surface area contributed by atoms with E-state index < -0.39 is 17.4 Å². The number of rotatable bonds is 4. The maximum absolute atomic E-state index is 14.1. The summed E-state index contributed by atoms with van der Waals surface area (Å²) in [4.78, 5) is 46.2. The number of methoxy groups -OCH3 is 1. The van der Waals surface area contributed by atoms with Crippen molar-refractivity contribution in [3.8, 4) is 17.0 Å². The molecule has 0 saturated heterocycles. The quantitative estimate of drug-likeness (QED) is 0.502. The lowest BCUT2D eigenvalue weighted by molar-refractivity contribution is -0.133. The molecule has 1 aromatic heterocycles. The number of benzene rings is 1. The minimum absolute atomic E-state index is 0.0140. The third-order valence-electron chi connectivity index (χ3n) is 9.81. The van der Waals surface area contributed by atoms with Crippen molar-refractivity contribution in [2.75, 3.05) is 14.2 Å². The van der Waals surface area contributed by atoms with Crippen molar-refractivity contribution in [3.05, 3.63) is 69.3 Å². The highest BCUT2D eigenvalue weighted by molar-refractivity contribution is 6.06. The van der Waals surface area contributed by atoms with E-state index in [4.69, 9.17) is 9.47 Å². The van der Waals surface area contributed by atoms with E-state index in [-0.39, 0.29) is 22.8 Å². The van der Waals surface area contributed by atoms with Crippen molar-refractivity contribution >= 4 is 17.7 Å². The standard InChI is InChI=1S/C33H36N2O6/c1-17-8-10-20(34-29(17)31(38)39)19-9-11-22(40-6)25(18(19)2)28-26-21(36)14-33(12-7-13-33)16-24(26)41-23-15-32(3,4)35(5)30(37)27(23)28/h8-11,28H,7,12-16H2,1-6H3,(H,38,39)/t28-/m1/s1. The van der Waals surface area contributed by atoms with Gasteiger partial charge in [-0.05, 0) is 75.3 Å². The molecule has 2 aliphatic heterocycles. The van der Waals surface area contributed by atoms with E-state index in [9.17, 15) is 19.5 Å². The van der Waals surface area contributed by atoms with Gasteiger partial charge in [-0.2, -0.15) is 0 Å². The highest BCUT2D eigenvalue weighted by Gasteiger charge is 2.53. The smallest absolute Gasteiger partial charge is 0.354 e. The number of pyridine rings is 1. The van der Waals surface area contributed by atoms with Crippen LogP contribution in [0.25, 0.3) is 11.3 Å². The highest BCUT2D eigenvalue weighted by atomic mass is 16.5. The van der Waals surface area contributed by atoms with E-state index in [0.29, 0.717) is 64.5 Å². The summed E-state index contributed by atoms with van der Waals surface area (Å²) in [6.45, 7) is 7.68. The number of aromatic nitrogens is 1. The number of allylic oxidation sites excluding steroid dienone is 2. The van der Waals surface area contributed by atoms with Crippen LogP contribution in [0.3, 0.4) is 0 Å². The number of carbonyl (C=O) groups is 3. The first kappa shape index (κ1) is 27.2. The van der Waals surface area contributed by atoms with Gasteiger partial charge < -0.3 is 19.5 Å². The summed E-state index contributed by atoms with van der Waals surface area (Å²) in [6.07, 6.45) is 4.79. The highest BCUT2D eigenvalue weighted by Crippen LogP contribution is 2.58. The van der Waals surface area contributed by atoms with E-state index in [1.807, 2.05) is 32.9 Å². The number of ketones is 1. The second-order valence-electron chi connectivity index (χ2n) is 12.7. The molecule has 4 aliphatic rings. The van der Waals surface area contributed by atoms with Gasteiger partial charge in [-0.25, -0.2) is 9.78 Å². The molecule has 0 radical (unpaired) electrons. The van der Waals surface area contributed by atoms with Gasteiger partial charge in [-0.15, -0.1) is 0 Å². The number of carboxylic acid groups (broad SMARTS) is 1.